The Morgan fingerprint density at radius 3 is 2.90 bits per heavy atom. The standard InChI is InChI=1S/C14H11N3O3S/c1-20-13(18)7-2-3-9-8(6-16-10(9)4-7)5-11-12(15)17-14(19)21-11/h2-6,16H,1H3,(H2,15,17,19). The van der Waals surface area contributed by atoms with Crippen LogP contribution in [0.5, 0.6) is 0 Å². The Hall–Kier alpha value is -2.54. The molecule has 7 heteroatoms. The summed E-state index contributed by atoms with van der Waals surface area (Å²) < 4.78 is 4.68. The van der Waals surface area contributed by atoms with Crippen molar-refractivity contribution in [2.45, 2.75) is 0 Å². The number of carbonyl (C=O) groups excluding carboxylic acids is 2. The van der Waals surface area contributed by atoms with E-state index in [1.165, 1.54) is 7.11 Å². The highest BCUT2D eigenvalue weighted by Gasteiger charge is 2.22. The number of aromatic amines is 1. The molecule has 0 bridgehead atoms. The Balaban J connectivity index is 2.02. The van der Waals surface area contributed by atoms with Gasteiger partial charge in [-0.15, -0.1) is 0 Å². The molecule has 1 fully saturated rings. The molecule has 0 unspecified atom stereocenters. The molecular weight excluding hydrogens is 290 g/mol. The van der Waals surface area contributed by atoms with Crippen molar-refractivity contribution in [1.29, 1.82) is 5.41 Å². The van der Waals surface area contributed by atoms with Gasteiger partial charge in [0, 0.05) is 22.7 Å². The van der Waals surface area contributed by atoms with E-state index in [0.717, 1.165) is 28.2 Å². The van der Waals surface area contributed by atoms with Crippen LogP contribution < -0.4 is 5.32 Å². The van der Waals surface area contributed by atoms with Gasteiger partial charge < -0.3 is 15.0 Å². The van der Waals surface area contributed by atoms with Gasteiger partial charge in [-0.1, -0.05) is 6.07 Å². The smallest absolute Gasteiger partial charge is 0.337 e. The molecule has 106 valence electrons. The number of thioether (sulfide) groups is 1. The molecule has 21 heavy (non-hydrogen) atoms. The van der Waals surface area contributed by atoms with E-state index in [1.807, 2.05) is 6.07 Å². The van der Waals surface area contributed by atoms with Crippen LogP contribution in [0.25, 0.3) is 17.0 Å². The number of methoxy groups -OCH3 is 1. The number of H-pyrrole nitrogens is 1. The maximum absolute atomic E-state index is 11.5. The monoisotopic (exact) mass is 301 g/mol. The van der Waals surface area contributed by atoms with E-state index in [0.29, 0.717) is 10.5 Å². The molecule has 1 amide bonds. The third-order valence-corrected chi connectivity index (χ3v) is 3.93. The van der Waals surface area contributed by atoms with Gasteiger partial charge in [0.2, 0.25) is 0 Å². The second-order valence-electron chi connectivity index (χ2n) is 4.39. The summed E-state index contributed by atoms with van der Waals surface area (Å²) in [5.74, 6) is -0.292. The van der Waals surface area contributed by atoms with E-state index < -0.39 is 5.97 Å². The Labute approximate surface area is 124 Å². The zero-order chi connectivity index (χ0) is 15.0. The van der Waals surface area contributed by atoms with Crippen LogP contribution in [0, 0.1) is 5.41 Å². The van der Waals surface area contributed by atoms with Crippen molar-refractivity contribution in [3.8, 4) is 0 Å². The third kappa shape index (κ3) is 2.43. The third-order valence-electron chi connectivity index (χ3n) is 3.10. The van der Waals surface area contributed by atoms with Crippen LogP contribution in [0.4, 0.5) is 4.79 Å². The van der Waals surface area contributed by atoms with Gasteiger partial charge in [-0.3, -0.25) is 10.2 Å². The van der Waals surface area contributed by atoms with E-state index >= 15 is 0 Å². The SMILES string of the molecule is COC(=O)c1ccc2c(C=C3SC(=O)NC3=N)c[nH]c2c1. The molecule has 0 saturated carbocycles. The average Bonchev–Trinajstić information content (AvgIpc) is 3.01. The molecule has 1 saturated heterocycles. The minimum Gasteiger partial charge on any atom is -0.465 e. The number of rotatable bonds is 2. The number of amides is 1. The summed E-state index contributed by atoms with van der Waals surface area (Å²) in [6, 6.07) is 5.20. The fourth-order valence-electron chi connectivity index (χ4n) is 2.10. The highest BCUT2D eigenvalue weighted by atomic mass is 32.2. The van der Waals surface area contributed by atoms with Crippen LogP contribution in [0.1, 0.15) is 15.9 Å². The molecule has 3 rings (SSSR count). The fourth-order valence-corrected chi connectivity index (χ4v) is 2.79. The number of hydrogen-bond acceptors (Lipinski definition) is 5. The van der Waals surface area contributed by atoms with Crippen LogP contribution >= 0.6 is 11.8 Å². The molecule has 3 N–H and O–H groups in total. The number of aromatic nitrogens is 1. The number of ether oxygens (including phenoxy) is 1. The quantitative estimate of drug-likeness (QED) is 0.743. The van der Waals surface area contributed by atoms with Crippen molar-refractivity contribution in [3.63, 3.8) is 0 Å². The maximum Gasteiger partial charge on any atom is 0.337 e. The van der Waals surface area contributed by atoms with E-state index in [4.69, 9.17) is 5.41 Å². The Morgan fingerprint density at radius 1 is 1.43 bits per heavy atom. The predicted molar refractivity (Wildman–Crippen MR) is 81.5 cm³/mol. The Morgan fingerprint density at radius 2 is 2.24 bits per heavy atom. The van der Waals surface area contributed by atoms with Gasteiger partial charge in [0.25, 0.3) is 5.24 Å². The zero-order valence-corrected chi connectivity index (χ0v) is 11.8. The van der Waals surface area contributed by atoms with Crippen LogP contribution in [0.15, 0.2) is 29.3 Å². The van der Waals surface area contributed by atoms with Crippen molar-refractivity contribution in [2.75, 3.05) is 7.11 Å². The lowest BCUT2D eigenvalue weighted by atomic mass is 10.1. The van der Waals surface area contributed by atoms with Crippen LogP contribution in [-0.2, 0) is 4.74 Å². The number of esters is 1. The lowest BCUT2D eigenvalue weighted by molar-refractivity contribution is 0.0601. The van der Waals surface area contributed by atoms with Gasteiger partial charge >= 0.3 is 5.97 Å². The number of hydrogen-bond donors (Lipinski definition) is 3. The summed E-state index contributed by atoms with van der Waals surface area (Å²) in [5.41, 5.74) is 2.11. The Bertz CT molecular complexity index is 807. The first-order chi connectivity index (χ1) is 10.1. The van der Waals surface area contributed by atoms with Crippen LogP contribution in [0.3, 0.4) is 0 Å². The van der Waals surface area contributed by atoms with E-state index in [9.17, 15) is 9.59 Å². The van der Waals surface area contributed by atoms with Gasteiger partial charge in [0.15, 0.2) is 0 Å². The molecule has 0 radical (unpaired) electrons. The van der Waals surface area contributed by atoms with Crippen LogP contribution in [-0.4, -0.2) is 29.1 Å². The summed E-state index contributed by atoms with van der Waals surface area (Å²) >= 11 is 0.991. The van der Waals surface area contributed by atoms with Crippen molar-refractivity contribution in [2.24, 2.45) is 0 Å². The highest BCUT2D eigenvalue weighted by Crippen LogP contribution is 2.29. The first kappa shape index (κ1) is 13.4. The maximum atomic E-state index is 11.5. The van der Waals surface area contributed by atoms with E-state index in [1.54, 1.807) is 24.4 Å². The second kappa shape index (κ2) is 5.10. The molecule has 1 aromatic carbocycles. The summed E-state index contributed by atoms with van der Waals surface area (Å²) in [6.07, 6.45) is 3.54. The van der Waals surface area contributed by atoms with Crippen molar-refractivity contribution in [3.05, 3.63) is 40.4 Å². The van der Waals surface area contributed by atoms with Crippen LogP contribution in [0.2, 0.25) is 0 Å². The average molecular weight is 301 g/mol. The van der Waals surface area contributed by atoms with Crippen molar-refractivity contribution in [1.82, 2.24) is 10.3 Å². The molecule has 1 aliphatic heterocycles. The lowest BCUT2D eigenvalue weighted by Crippen LogP contribution is -2.17. The fraction of sp³-hybridized carbons (Fsp3) is 0.0714. The molecule has 2 heterocycles. The summed E-state index contributed by atoms with van der Waals surface area (Å²) in [5, 5.41) is 10.8. The van der Waals surface area contributed by atoms with Crippen molar-refractivity contribution < 1.29 is 14.3 Å². The first-order valence-electron chi connectivity index (χ1n) is 6.07. The second-order valence-corrected chi connectivity index (χ2v) is 5.41. The molecule has 0 aliphatic carbocycles. The molecular formula is C14H11N3O3S. The topological polar surface area (TPSA) is 95.0 Å². The highest BCUT2D eigenvalue weighted by molar-refractivity contribution is 8.18. The predicted octanol–water partition coefficient (Wildman–Crippen LogP) is 2.73. The van der Waals surface area contributed by atoms with Gasteiger partial charge in [0.1, 0.15) is 5.84 Å². The molecule has 0 atom stereocenters. The largest absolute Gasteiger partial charge is 0.465 e. The van der Waals surface area contributed by atoms with Gasteiger partial charge in [-0.2, -0.15) is 0 Å². The number of fused-ring (bicyclic) bond motifs is 1. The summed E-state index contributed by atoms with van der Waals surface area (Å²) in [4.78, 5) is 26.4. The molecule has 1 aromatic heterocycles. The number of carbonyl (C=O) groups is 2. The van der Waals surface area contributed by atoms with Gasteiger partial charge in [-0.05, 0) is 30.0 Å². The minimum atomic E-state index is -0.394. The van der Waals surface area contributed by atoms with E-state index in [2.05, 4.69) is 15.0 Å². The molecule has 1 aliphatic rings. The Kier molecular flexibility index (Phi) is 3.26. The number of benzene rings is 1. The molecule has 0 spiro atoms. The molecule has 6 nitrogen and oxygen atoms in total. The minimum absolute atomic E-state index is 0.102. The first-order valence-corrected chi connectivity index (χ1v) is 6.89. The normalized spacial score (nSPS) is 16.5. The number of amidine groups is 1. The van der Waals surface area contributed by atoms with Gasteiger partial charge in [-0.25, -0.2) is 4.79 Å². The zero-order valence-electron chi connectivity index (χ0n) is 11.0. The number of nitrogens with one attached hydrogen (secondary N) is 3. The summed E-state index contributed by atoms with van der Waals surface area (Å²) in [6.45, 7) is 0. The van der Waals surface area contributed by atoms with Crippen molar-refractivity contribution >= 4 is 45.8 Å². The summed E-state index contributed by atoms with van der Waals surface area (Å²) in [7, 11) is 1.34. The van der Waals surface area contributed by atoms with Gasteiger partial charge in [0.05, 0.1) is 17.6 Å². The molecule has 2 aromatic rings. The van der Waals surface area contributed by atoms with E-state index in [-0.39, 0.29) is 11.1 Å². The lowest BCUT2D eigenvalue weighted by Gasteiger charge is -1.99.